The van der Waals surface area contributed by atoms with E-state index in [1.807, 2.05) is 0 Å². The maximum absolute atomic E-state index is 5.92. The van der Waals surface area contributed by atoms with Crippen LogP contribution in [0.5, 0.6) is 0 Å². The van der Waals surface area contributed by atoms with E-state index in [9.17, 15) is 0 Å². The van der Waals surface area contributed by atoms with Gasteiger partial charge in [-0.3, -0.25) is 0 Å². The Bertz CT molecular complexity index is 132. The zero-order valence-electron chi connectivity index (χ0n) is 8.39. The second-order valence-electron chi connectivity index (χ2n) is 4.13. The van der Waals surface area contributed by atoms with Gasteiger partial charge in [-0.25, -0.2) is 0 Å². The van der Waals surface area contributed by atoms with Crippen LogP contribution in [0.2, 0.25) is 0 Å². The van der Waals surface area contributed by atoms with Crippen molar-refractivity contribution >= 4 is 11.6 Å². The summed E-state index contributed by atoms with van der Waals surface area (Å²) in [6, 6.07) is 0.722. The van der Waals surface area contributed by atoms with E-state index in [1.54, 1.807) is 0 Å². The van der Waals surface area contributed by atoms with Crippen LogP contribution in [0.4, 0.5) is 0 Å². The first kappa shape index (κ1) is 10.3. The molecule has 0 amide bonds. The SMILES string of the molecule is CCC(C)N(C)CC1CC(Cl)C1. The van der Waals surface area contributed by atoms with Crippen molar-refractivity contribution in [2.45, 2.75) is 44.5 Å². The minimum absolute atomic E-state index is 0.473. The first-order valence-electron chi connectivity index (χ1n) is 4.97. The van der Waals surface area contributed by atoms with E-state index in [-0.39, 0.29) is 0 Å². The van der Waals surface area contributed by atoms with Crippen LogP contribution in [0.3, 0.4) is 0 Å². The van der Waals surface area contributed by atoms with Crippen LogP contribution in [0.15, 0.2) is 0 Å². The van der Waals surface area contributed by atoms with Gasteiger partial charge in [-0.1, -0.05) is 6.92 Å². The quantitative estimate of drug-likeness (QED) is 0.615. The van der Waals surface area contributed by atoms with Crippen LogP contribution in [-0.4, -0.2) is 29.9 Å². The fourth-order valence-electron chi connectivity index (χ4n) is 1.70. The lowest BCUT2D eigenvalue weighted by atomic mass is 9.84. The number of halogens is 1. The summed E-state index contributed by atoms with van der Waals surface area (Å²) in [7, 11) is 2.22. The summed E-state index contributed by atoms with van der Waals surface area (Å²) in [5.74, 6) is 0.867. The fraction of sp³-hybridized carbons (Fsp3) is 1.00. The molecule has 0 bridgehead atoms. The highest BCUT2D eigenvalue weighted by atomic mass is 35.5. The van der Waals surface area contributed by atoms with Crippen molar-refractivity contribution in [1.29, 1.82) is 0 Å². The van der Waals surface area contributed by atoms with Crippen LogP contribution in [0.1, 0.15) is 33.1 Å². The topological polar surface area (TPSA) is 3.24 Å². The Hall–Kier alpha value is 0.250. The first-order chi connectivity index (χ1) is 5.63. The monoisotopic (exact) mass is 189 g/mol. The summed E-state index contributed by atoms with van der Waals surface area (Å²) in [5, 5.41) is 0.473. The van der Waals surface area contributed by atoms with Crippen molar-refractivity contribution in [3.8, 4) is 0 Å². The smallest absolute Gasteiger partial charge is 0.0342 e. The Morgan fingerprint density at radius 2 is 2.08 bits per heavy atom. The van der Waals surface area contributed by atoms with E-state index in [0.29, 0.717) is 5.38 Å². The maximum atomic E-state index is 5.92. The third-order valence-electron chi connectivity index (χ3n) is 3.07. The molecule has 0 radical (unpaired) electrons. The molecule has 1 atom stereocenters. The molecular weight excluding hydrogens is 170 g/mol. The third-order valence-corrected chi connectivity index (χ3v) is 3.42. The lowest BCUT2D eigenvalue weighted by Gasteiger charge is -2.36. The lowest BCUT2D eigenvalue weighted by Crippen LogP contribution is -2.38. The summed E-state index contributed by atoms with van der Waals surface area (Å²) >= 11 is 5.92. The summed E-state index contributed by atoms with van der Waals surface area (Å²) in [4.78, 5) is 2.45. The van der Waals surface area contributed by atoms with Gasteiger partial charge in [0, 0.05) is 18.0 Å². The highest BCUT2D eigenvalue weighted by Crippen LogP contribution is 2.32. The van der Waals surface area contributed by atoms with E-state index in [4.69, 9.17) is 11.6 Å². The molecule has 0 aromatic heterocycles. The van der Waals surface area contributed by atoms with E-state index in [0.717, 1.165) is 12.0 Å². The molecule has 1 fully saturated rings. The molecule has 0 saturated heterocycles. The van der Waals surface area contributed by atoms with Crippen LogP contribution in [-0.2, 0) is 0 Å². The Morgan fingerprint density at radius 1 is 1.50 bits per heavy atom. The summed E-state index contributed by atoms with van der Waals surface area (Å²) in [5.41, 5.74) is 0. The Morgan fingerprint density at radius 3 is 2.50 bits per heavy atom. The molecule has 1 aliphatic carbocycles. The number of hydrogen-bond acceptors (Lipinski definition) is 1. The zero-order valence-corrected chi connectivity index (χ0v) is 9.14. The highest BCUT2D eigenvalue weighted by Gasteiger charge is 2.28. The van der Waals surface area contributed by atoms with Gasteiger partial charge in [0.15, 0.2) is 0 Å². The molecule has 0 heterocycles. The van der Waals surface area contributed by atoms with Crippen LogP contribution >= 0.6 is 11.6 Å². The largest absolute Gasteiger partial charge is 0.303 e. The van der Waals surface area contributed by atoms with Crippen LogP contribution in [0.25, 0.3) is 0 Å². The molecule has 1 rings (SSSR count). The van der Waals surface area contributed by atoms with Crippen molar-refractivity contribution in [3.63, 3.8) is 0 Å². The van der Waals surface area contributed by atoms with Crippen molar-refractivity contribution in [2.24, 2.45) is 5.92 Å². The van der Waals surface area contributed by atoms with E-state index in [2.05, 4.69) is 25.8 Å². The number of rotatable bonds is 4. The van der Waals surface area contributed by atoms with Gasteiger partial charge in [0.1, 0.15) is 0 Å². The molecule has 72 valence electrons. The Balaban J connectivity index is 2.14. The molecule has 1 aliphatic rings. The van der Waals surface area contributed by atoms with Crippen LogP contribution in [0, 0.1) is 5.92 Å². The van der Waals surface area contributed by atoms with Crippen molar-refractivity contribution < 1.29 is 0 Å². The average molecular weight is 190 g/mol. The van der Waals surface area contributed by atoms with Crippen molar-refractivity contribution in [3.05, 3.63) is 0 Å². The standard InChI is InChI=1S/C10H20ClN/c1-4-8(2)12(3)7-9-5-10(11)6-9/h8-10H,4-7H2,1-3H3. The van der Waals surface area contributed by atoms with Gasteiger partial charge in [0.2, 0.25) is 0 Å². The van der Waals surface area contributed by atoms with Gasteiger partial charge in [-0.05, 0) is 39.2 Å². The highest BCUT2D eigenvalue weighted by molar-refractivity contribution is 6.21. The molecule has 1 nitrogen and oxygen atoms in total. The van der Waals surface area contributed by atoms with Gasteiger partial charge >= 0.3 is 0 Å². The Labute approximate surface area is 81.1 Å². The van der Waals surface area contributed by atoms with Gasteiger partial charge < -0.3 is 4.90 Å². The van der Waals surface area contributed by atoms with Gasteiger partial charge in [-0.15, -0.1) is 11.6 Å². The molecule has 0 aromatic rings. The predicted octanol–water partition coefficient (Wildman–Crippen LogP) is 2.73. The second kappa shape index (κ2) is 4.48. The molecule has 1 unspecified atom stereocenters. The molecule has 12 heavy (non-hydrogen) atoms. The number of hydrogen-bond donors (Lipinski definition) is 0. The minimum Gasteiger partial charge on any atom is -0.303 e. The molecule has 0 aromatic carbocycles. The average Bonchev–Trinajstić information content (AvgIpc) is 2.00. The summed E-state index contributed by atoms with van der Waals surface area (Å²) in [6.07, 6.45) is 3.69. The molecule has 0 spiro atoms. The summed E-state index contributed by atoms with van der Waals surface area (Å²) in [6.45, 7) is 5.77. The predicted molar refractivity (Wildman–Crippen MR) is 54.7 cm³/mol. The molecule has 1 saturated carbocycles. The fourth-order valence-corrected chi connectivity index (χ4v) is 2.21. The van der Waals surface area contributed by atoms with Crippen molar-refractivity contribution in [2.75, 3.05) is 13.6 Å². The molecule has 0 aliphatic heterocycles. The van der Waals surface area contributed by atoms with E-state index >= 15 is 0 Å². The van der Waals surface area contributed by atoms with Gasteiger partial charge in [0.05, 0.1) is 0 Å². The lowest BCUT2D eigenvalue weighted by molar-refractivity contribution is 0.169. The van der Waals surface area contributed by atoms with Gasteiger partial charge in [0.25, 0.3) is 0 Å². The Kier molecular flexibility index (Phi) is 3.85. The minimum atomic E-state index is 0.473. The molecular formula is C10H20ClN. The first-order valence-corrected chi connectivity index (χ1v) is 5.41. The van der Waals surface area contributed by atoms with Crippen molar-refractivity contribution in [1.82, 2.24) is 4.90 Å². The van der Waals surface area contributed by atoms with E-state index < -0.39 is 0 Å². The number of alkyl halides is 1. The third kappa shape index (κ3) is 2.63. The molecule has 0 N–H and O–H groups in total. The summed E-state index contributed by atoms with van der Waals surface area (Å²) < 4.78 is 0. The molecule has 2 heteroatoms. The van der Waals surface area contributed by atoms with Crippen LogP contribution < -0.4 is 0 Å². The maximum Gasteiger partial charge on any atom is 0.0342 e. The van der Waals surface area contributed by atoms with E-state index in [1.165, 1.54) is 25.8 Å². The normalized spacial score (nSPS) is 31.8. The zero-order chi connectivity index (χ0) is 9.14. The number of nitrogens with zero attached hydrogens (tertiary/aromatic N) is 1. The van der Waals surface area contributed by atoms with Gasteiger partial charge in [-0.2, -0.15) is 0 Å². The second-order valence-corrected chi connectivity index (χ2v) is 4.75.